The van der Waals surface area contributed by atoms with E-state index >= 15 is 0 Å². The minimum Gasteiger partial charge on any atom is -0.497 e. The summed E-state index contributed by atoms with van der Waals surface area (Å²) >= 11 is 0. The lowest BCUT2D eigenvalue weighted by atomic mass is 10.0. The summed E-state index contributed by atoms with van der Waals surface area (Å²) in [6.07, 6.45) is 1.99. The predicted octanol–water partition coefficient (Wildman–Crippen LogP) is -0.121. The molecule has 1 saturated heterocycles. The average Bonchev–Trinajstić information content (AvgIpc) is 3.01. The molecule has 1 aromatic carbocycles. The lowest BCUT2D eigenvalue weighted by Gasteiger charge is -2.23. The van der Waals surface area contributed by atoms with Gasteiger partial charge >= 0.3 is 6.03 Å². The third-order valence-electron chi connectivity index (χ3n) is 4.16. The second-order valence-corrected chi connectivity index (χ2v) is 5.52. The van der Waals surface area contributed by atoms with Crippen molar-refractivity contribution in [3.8, 4) is 11.5 Å². The Kier molecular flexibility index (Phi) is 5.81. The number of quaternary nitrogens is 1. The summed E-state index contributed by atoms with van der Waals surface area (Å²) in [6.45, 7) is 1.13. The molecule has 1 aliphatic rings. The van der Waals surface area contributed by atoms with Gasteiger partial charge in [-0.3, -0.25) is 10.1 Å². The van der Waals surface area contributed by atoms with E-state index in [0.29, 0.717) is 0 Å². The molecule has 23 heavy (non-hydrogen) atoms. The van der Waals surface area contributed by atoms with Gasteiger partial charge < -0.3 is 19.7 Å². The van der Waals surface area contributed by atoms with Crippen molar-refractivity contribution in [1.29, 1.82) is 0 Å². The lowest BCUT2D eigenvalue weighted by molar-refractivity contribution is -0.910. The molecule has 3 amide bonds. The molecule has 3 N–H and O–H groups in total. The molecule has 0 saturated carbocycles. The van der Waals surface area contributed by atoms with E-state index in [1.807, 2.05) is 18.2 Å². The smallest absolute Gasteiger partial charge is 0.321 e. The van der Waals surface area contributed by atoms with Crippen molar-refractivity contribution in [2.45, 2.75) is 18.9 Å². The Labute approximate surface area is 135 Å². The van der Waals surface area contributed by atoms with Gasteiger partial charge in [-0.05, 0) is 18.2 Å². The van der Waals surface area contributed by atoms with Crippen molar-refractivity contribution in [3.63, 3.8) is 0 Å². The monoisotopic (exact) mass is 322 g/mol. The number of imide groups is 1. The van der Waals surface area contributed by atoms with Gasteiger partial charge in [0.15, 0.2) is 6.54 Å². The van der Waals surface area contributed by atoms with Crippen LogP contribution in [0.5, 0.6) is 11.5 Å². The molecular weight excluding hydrogens is 298 g/mol. The molecule has 0 spiro atoms. The third-order valence-corrected chi connectivity index (χ3v) is 4.16. The van der Waals surface area contributed by atoms with Crippen LogP contribution in [0.1, 0.15) is 24.4 Å². The highest BCUT2D eigenvalue weighted by molar-refractivity contribution is 5.94. The van der Waals surface area contributed by atoms with E-state index in [4.69, 9.17) is 9.47 Å². The third kappa shape index (κ3) is 4.13. The van der Waals surface area contributed by atoms with E-state index in [0.717, 1.165) is 41.3 Å². The first kappa shape index (κ1) is 17.1. The molecule has 1 heterocycles. The fourth-order valence-electron chi connectivity index (χ4n) is 3.05. The molecule has 1 unspecified atom stereocenters. The van der Waals surface area contributed by atoms with Crippen LogP contribution in [0.4, 0.5) is 4.79 Å². The molecule has 0 radical (unpaired) electrons. The van der Waals surface area contributed by atoms with Crippen LogP contribution in [0.2, 0.25) is 0 Å². The van der Waals surface area contributed by atoms with Crippen LogP contribution in [-0.2, 0) is 4.79 Å². The number of ether oxygens (including phenoxy) is 2. The molecular formula is C16H24N3O4+. The first-order valence-electron chi connectivity index (χ1n) is 7.67. The quantitative estimate of drug-likeness (QED) is 0.706. The summed E-state index contributed by atoms with van der Waals surface area (Å²) in [5.74, 6) is 1.27. The highest BCUT2D eigenvalue weighted by Gasteiger charge is 2.34. The first-order chi connectivity index (χ1) is 11.1. The Morgan fingerprint density at radius 3 is 2.74 bits per heavy atom. The first-order valence-corrected chi connectivity index (χ1v) is 7.67. The minimum absolute atomic E-state index is 0.149. The zero-order chi connectivity index (χ0) is 16.8. The van der Waals surface area contributed by atoms with Gasteiger partial charge in [0.1, 0.15) is 17.5 Å². The molecule has 1 aliphatic heterocycles. The van der Waals surface area contributed by atoms with E-state index in [-0.39, 0.29) is 18.5 Å². The number of hydrogen-bond acceptors (Lipinski definition) is 4. The largest absolute Gasteiger partial charge is 0.497 e. The fourth-order valence-corrected chi connectivity index (χ4v) is 3.05. The fraction of sp³-hybridized carbons (Fsp3) is 0.500. The summed E-state index contributed by atoms with van der Waals surface area (Å²) in [7, 11) is 4.75. The van der Waals surface area contributed by atoms with E-state index in [1.54, 1.807) is 14.2 Å². The Morgan fingerprint density at radius 1 is 1.30 bits per heavy atom. The van der Waals surface area contributed by atoms with Crippen LogP contribution < -0.4 is 25.0 Å². The summed E-state index contributed by atoms with van der Waals surface area (Å²) in [4.78, 5) is 24.3. The maximum absolute atomic E-state index is 12.0. The van der Waals surface area contributed by atoms with Gasteiger partial charge in [0.25, 0.3) is 5.91 Å². The van der Waals surface area contributed by atoms with Crippen LogP contribution in [-0.4, -0.2) is 46.3 Å². The van der Waals surface area contributed by atoms with Crippen LogP contribution in [0.15, 0.2) is 18.2 Å². The molecule has 2 atom stereocenters. The molecule has 0 aromatic heterocycles. The topological polar surface area (TPSA) is 81.1 Å². The van der Waals surface area contributed by atoms with Crippen molar-refractivity contribution in [2.75, 3.05) is 34.4 Å². The summed E-state index contributed by atoms with van der Waals surface area (Å²) in [6, 6.07) is 5.37. The van der Waals surface area contributed by atoms with Gasteiger partial charge in [0.2, 0.25) is 0 Å². The molecule has 0 bridgehead atoms. The number of rotatable bonds is 5. The number of nitrogens with one attached hydrogen (secondary N) is 3. The number of amides is 3. The Balaban J connectivity index is 2.15. The van der Waals surface area contributed by atoms with Crippen molar-refractivity contribution < 1.29 is 24.0 Å². The van der Waals surface area contributed by atoms with E-state index in [9.17, 15) is 9.59 Å². The maximum Gasteiger partial charge on any atom is 0.321 e. The predicted molar refractivity (Wildman–Crippen MR) is 84.8 cm³/mol. The molecule has 1 aromatic rings. The maximum atomic E-state index is 12.0. The highest BCUT2D eigenvalue weighted by Crippen LogP contribution is 2.31. The second kappa shape index (κ2) is 7.82. The number of hydrogen-bond donors (Lipinski definition) is 3. The molecule has 1 fully saturated rings. The number of carbonyl (C=O) groups is 2. The molecule has 2 rings (SSSR count). The highest BCUT2D eigenvalue weighted by atomic mass is 16.5. The van der Waals surface area contributed by atoms with Gasteiger partial charge in [-0.2, -0.15) is 0 Å². The van der Waals surface area contributed by atoms with E-state index in [1.165, 1.54) is 7.05 Å². The van der Waals surface area contributed by atoms with Gasteiger partial charge in [0, 0.05) is 19.9 Å². The molecule has 7 heteroatoms. The Hall–Kier alpha value is -2.28. The van der Waals surface area contributed by atoms with Gasteiger partial charge in [-0.1, -0.05) is 0 Å². The summed E-state index contributed by atoms with van der Waals surface area (Å²) in [5, 5.41) is 4.69. The van der Waals surface area contributed by atoms with Crippen molar-refractivity contribution in [3.05, 3.63) is 23.8 Å². The number of likely N-dealkylation sites (tertiary alicyclic amines) is 1. The van der Waals surface area contributed by atoms with E-state index in [2.05, 4.69) is 10.6 Å². The van der Waals surface area contributed by atoms with Gasteiger partial charge in [-0.25, -0.2) is 4.79 Å². The average molecular weight is 322 g/mol. The van der Waals surface area contributed by atoms with Crippen molar-refractivity contribution in [1.82, 2.24) is 10.6 Å². The molecule has 126 valence electrons. The Morgan fingerprint density at radius 2 is 2.09 bits per heavy atom. The number of carbonyl (C=O) groups excluding carboxylic acids is 2. The van der Waals surface area contributed by atoms with Crippen LogP contribution in [0, 0.1) is 0 Å². The van der Waals surface area contributed by atoms with Gasteiger partial charge in [0.05, 0.1) is 26.3 Å². The SMILES string of the molecule is CNC(=O)NC(=O)C[NH+]1CCC[C@@H]1c1cc(OC)ccc1OC. The van der Waals surface area contributed by atoms with Crippen molar-refractivity contribution in [2.24, 2.45) is 0 Å². The molecule has 0 aliphatic carbocycles. The lowest BCUT2D eigenvalue weighted by Crippen LogP contribution is -3.11. The van der Waals surface area contributed by atoms with Crippen LogP contribution in [0.25, 0.3) is 0 Å². The number of methoxy groups -OCH3 is 2. The van der Waals surface area contributed by atoms with Gasteiger partial charge in [-0.15, -0.1) is 0 Å². The zero-order valence-corrected chi connectivity index (χ0v) is 13.8. The standard InChI is InChI=1S/C16H23N3O4/c1-17-16(21)18-15(20)10-19-8-4-5-13(19)12-9-11(22-2)6-7-14(12)23-3/h6-7,9,13H,4-5,8,10H2,1-3H3,(H2,17,18,20,21)/p+1/t13-/m1/s1. The Bertz CT molecular complexity index is 576. The number of urea groups is 1. The van der Waals surface area contributed by atoms with Crippen LogP contribution >= 0.6 is 0 Å². The van der Waals surface area contributed by atoms with Crippen molar-refractivity contribution >= 4 is 11.9 Å². The zero-order valence-electron chi connectivity index (χ0n) is 13.8. The normalized spacial score (nSPS) is 20.0. The minimum atomic E-state index is -0.482. The summed E-state index contributed by atoms with van der Waals surface area (Å²) < 4.78 is 10.8. The van der Waals surface area contributed by atoms with Crippen LogP contribution in [0.3, 0.4) is 0 Å². The number of benzene rings is 1. The second-order valence-electron chi connectivity index (χ2n) is 5.52. The summed E-state index contributed by atoms with van der Waals surface area (Å²) in [5.41, 5.74) is 1.03. The molecule has 7 nitrogen and oxygen atoms in total. The van der Waals surface area contributed by atoms with E-state index < -0.39 is 6.03 Å².